The molecule has 2 atom stereocenters. The average Bonchev–Trinajstić information content (AvgIpc) is 2.45. The molecule has 1 fully saturated rings. The minimum Gasteiger partial charge on any atom is -0.385 e. The van der Waals surface area contributed by atoms with Gasteiger partial charge in [-0.15, -0.1) is 0 Å². The Bertz CT molecular complexity index is 382. The van der Waals surface area contributed by atoms with Crippen molar-refractivity contribution in [2.75, 3.05) is 33.4 Å². The molecule has 0 bridgehead atoms. The van der Waals surface area contributed by atoms with E-state index in [1.165, 1.54) is 5.56 Å². The summed E-state index contributed by atoms with van der Waals surface area (Å²) in [6.45, 7) is 10.1. The molecular formula is C17H28N2O. The fourth-order valence-corrected chi connectivity index (χ4v) is 3.03. The van der Waals surface area contributed by atoms with E-state index in [0.717, 1.165) is 39.2 Å². The summed E-state index contributed by atoms with van der Waals surface area (Å²) in [5.74, 6) is 0. The zero-order valence-electron chi connectivity index (χ0n) is 13.1. The van der Waals surface area contributed by atoms with Gasteiger partial charge in [-0.25, -0.2) is 0 Å². The summed E-state index contributed by atoms with van der Waals surface area (Å²) < 4.78 is 5.16. The molecule has 0 aliphatic carbocycles. The van der Waals surface area contributed by atoms with Crippen LogP contribution in [0.4, 0.5) is 0 Å². The summed E-state index contributed by atoms with van der Waals surface area (Å²) in [5.41, 5.74) is 1.42. The van der Waals surface area contributed by atoms with Crippen molar-refractivity contribution in [2.45, 2.75) is 38.9 Å². The normalized spacial score (nSPS) is 24.9. The molecule has 1 heterocycles. The lowest BCUT2D eigenvalue weighted by Gasteiger charge is -2.44. The molecule has 0 aromatic heterocycles. The summed E-state index contributed by atoms with van der Waals surface area (Å²) >= 11 is 0. The minimum atomic E-state index is 0.619. The highest BCUT2D eigenvalue weighted by Gasteiger charge is 2.28. The second kappa shape index (κ2) is 7.77. The predicted molar refractivity (Wildman–Crippen MR) is 83.8 cm³/mol. The third-order valence-electron chi connectivity index (χ3n) is 4.27. The number of hydrogen-bond donors (Lipinski definition) is 0. The highest BCUT2D eigenvalue weighted by Crippen LogP contribution is 2.18. The fraction of sp³-hybridized carbons (Fsp3) is 0.647. The van der Waals surface area contributed by atoms with Gasteiger partial charge in [-0.1, -0.05) is 30.3 Å². The van der Waals surface area contributed by atoms with Crippen molar-refractivity contribution in [3.8, 4) is 0 Å². The number of methoxy groups -OCH3 is 1. The van der Waals surface area contributed by atoms with Gasteiger partial charge in [-0.05, 0) is 25.8 Å². The second-order valence-electron chi connectivity index (χ2n) is 5.95. The highest BCUT2D eigenvalue weighted by molar-refractivity contribution is 5.14. The van der Waals surface area contributed by atoms with Crippen molar-refractivity contribution >= 4 is 0 Å². The molecular weight excluding hydrogens is 248 g/mol. The molecule has 0 saturated carbocycles. The first-order valence-corrected chi connectivity index (χ1v) is 7.71. The van der Waals surface area contributed by atoms with E-state index in [1.54, 1.807) is 7.11 Å². The molecule has 0 N–H and O–H groups in total. The lowest BCUT2D eigenvalue weighted by atomic mass is 10.1. The summed E-state index contributed by atoms with van der Waals surface area (Å²) in [6.07, 6.45) is 1.13. The first-order chi connectivity index (χ1) is 9.70. The third kappa shape index (κ3) is 4.30. The standard InChI is InChI=1S/C17H28N2O/c1-15-13-19(14-17-8-5-4-6-9-17)16(2)12-18(15)10-7-11-20-3/h4-6,8-9,15-16H,7,10-14H2,1-3H3/t15-,16+/m0/s1. The van der Waals surface area contributed by atoms with Gasteiger partial charge in [-0.2, -0.15) is 0 Å². The Balaban J connectivity index is 1.86. The zero-order valence-corrected chi connectivity index (χ0v) is 13.1. The first kappa shape index (κ1) is 15.5. The van der Waals surface area contributed by atoms with Crippen LogP contribution in [0.15, 0.2) is 30.3 Å². The number of nitrogens with zero attached hydrogens (tertiary/aromatic N) is 2. The topological polar surface area (TPSA) is 15.7 Å². The Morgan fingerprint density at radius 1 is 1.05 bits per heavy atom. The summed E-state index contributed by atoms with van der Waals surface area (Å²) in [6, 6.07) is 12.0. The second-order valence-corrected chi connectivity index (χ2v) is 5.95. The quantitative estimate of drug-likeness (QED) is 0.743. The molecule has 1 saturated heterocycles. The molecule has 1 aromatic rings. The van der Waals surface area contributed by atoms with Crippen LogP contribution in [0.2, 0.25) is 0 Å². The Kier molecular flexibility index (Phi) is 6.02. The van der Waals surface area contributed by atoms with Crippen molar-refractivity contribution < 1.29 is 4.74 Å². The molecule has 0 unspecified atom stereocenters. The Labute approximate surface area is 123 Å². The molecule has 2 rings (SSSR count). The van der Waals surface area contributed by atoms with Crippen LogP contribution in [0.1, 0.15) is 25.8 Å². The SMILES string of the molecule is COCCCN1C[C@@H](C)N(Cc2ccccc2)C[C@@H]1C. The maximum atomic E-state index is 5.16. The van der Waals surface area contributed by atoms with Gasteiger partial charge in [0.1, 0.15) is 0 Å². The molecule has 3 heteroatoms. The van der Waals surface area contributed by atoms with Crippen LogP contribution in [0.25, 0.3) is 0 Å². The lowest BCUT2D eigenvalue weighted by Crippen LogP contribution is -2.56. The molecule has 3 nitrogen and oxygen atoms in total. The van der Waals surface area contributed by atoms with Crippen molar-refractivity contribution in [3.05, 3.63) is 35.9 Å². The van der Waals surface area contributed by atoms with Gasteiger partial charge in [0.15, 0.2) is 0 Å². The Hall–Kier alpha value is -0.900. The number of piperazine rings is 1. The molecule has 112 valence electrons. The molecule has 0 amide bonds. The Morgan fingerprint density at radius 3 is 2.40 bits per heavy atom. The number of hydrogen-bond acceptors (Lipinski definition) is 3. The summed E-state index contributed by atoms with van der Waals surface area (Å²) in [7, 11) is 1.78. The largest absolute Gasteiger partial charge is 0.385 e. The van der Waals surface area contributed by atoms with Crippen LogP contribution < -0.4 is 0 Å². The van der Waals surface area contributed by atoms with Crippen molar-refractivity contribution in [2.24, 2.45) is 0 Å². The van der Waals surface area contributed by atoms with E-state index in [2.05, 4.69) is 54.0 Å². The predicted octanol–water partition coefficient (Wildman–Crippen LogP) is 2.62. The van der Waals surface area contributed by atoms with E-state index in [0.29, 0.717) is 12.1 Å². The molecule has 0 spiro atoms. The maximum Gasteiger partial charge on any atom is 0.0474 e. The first-order valence-electron chi connectivity index (χ1n) is 7.71. The van der Waals surface area contributed by atoms with Crippen LogP contribution in [0.5, 0.6) is 0 Å². The van der Waals surface area contributed by atoms with E-state index in [-0.39, 0.29) is 0 Å². The van der Waals surface area contributed by atoms with E-state index >= 15 is 0 Å². The van der Waals surface area contributed by atoms with Gasteiger partial charge in [0.05, 0.1) is 0 Å². The van der Waals surface area contributed by atoms with Gasteiger partial charge in [-0.3, -0.25) is 9.80 Å². The van der Waals surface area contributed by atoms with Crippen LogP contribution in [0.3, 0.4) is 0 Å². The summed E-state index contributed by atoms with van der Waals surface area (Å²) in [4.78, 5) is 5.21. The van der Waals surface area contributed by atoms with E-state index in [9.17, 15) is 0 Å². The maximum absolute atomic E-state index is 5.16. The number of ether oxygens (including phenoxy) is 1. The van der Waals surface area contributed by atoms with Crippen LogP contribution in [0, 0.1) is 0 Å². The molecule has 0 radical (unpaired) electrons. The van der Waals surface area contributed by atoms with Gasteiger partial charge in [0, 0.05) is 52.0 Å². The van der Waals surface area contributed by atoms with E-state index in [1.807, 2.05) is 0 Å². The Morgan fingerprint density at radius 2 is 1.70 bits per heavy atom. The van der Waals surface area contributed by atoms with Gasteiger partial charge < -0.3 is 4.74 Å². The number of rotatable bonds is 6. The lowest BCUT2D eigenvalue weighted by molar-refractivity contribution is 0.0327. The smallest absolute Gasteiger partial charge is 0.0474 e. The monoisotopic (exact) mass is 276 g/mol. The van der Waals surface area contributed by atoms with Gasteiger partial charge in [0.2, 0.25) is 0 Å². The van der Waals surface area contributed by atoms with Gasteiger partial charge >= 0.3 is 0 Å². The number of benzene rings is 1. The average molecular weight is 276 g/mol. The van der Waals surface area contributed by atoms with Crippen LogP contribution in [-0.4, -0.2) is 55.2 Å². The molecule has 20 heavy (non-hydrogen) atoms. The van der Waals surface area contributed by atoms with E-state index in [4.69, 9.17) is 4.74 Å². The van der Waals surface area contributed by atoms with Crippen molar-refractivity contribution in [3.63, 3.8) is 0 Å². The molecule has 1 aliphatic heterocycles. The fourth-order valence-electron chi connectivity index (χ4n) is 3.03. The van der Waals surface area contributed by atoms with Crippen molar-refractivity contribution in [1.82, 2.24) is 9.80 Å². The van der Waals surface area contributed by atoms with Crippen LogP contribution in [-0.2, 0) is 11.3 Å². The molecule has 1 aromatic carbocycles. The minimum absolute atomic E-state index is 0.619. The van der Waals surface area contributed by atoms with Crippen molar-refractivity contribution in [1.29, 1.82) is 0 Å². The zero-order chi connectivity index (χ0) is 14.4. The summed E-state index contributed by atoms with van der Waals surface area (Å²) in [5, 5.41) is 0. The third-order valence-corrected chi connectivity index (χ3v) is 4.27. The van der Waals surface area contributed by atoms with Crippen LogP contribution >= 0.6 is 0 Å². The van der Waals surface area contributed by atoms with E-state index < -0.39 is 0 Å². The molecule has 1 aliphatic rings. The highest BCUT2D eigenvalue weighted by atomic mass is 16.5. The van der Waals surface area contributed by atoms with Gasteiger partial charge in [0.25, 0.3) is 0 Å².